The number of hydrogen-bond donors (Lipinski definition) is 2. The Morgan fingerprint density at radius 1 is 1.29 bits per heavy atom. The molecule has 2 N–H and O–H groups in total. The van der Waals surface area contributed by atoms with Crippen LogP contribution >= 0.6 is 0 Å². The van der Waals surface area contributed by atoms with E-state index >= 15 is 0 Å². The van der Waals surface area contributed by atoms with Gasteiger partial charge < -0.3 is 15.4 Å². The Bertz CT molecular complexity index is 282. The topological polar surface area (TPSA) is 50.4 Å². The highest BCUT2D eigenvalue weighted by Crippen LogP contribution is 2.31. The van der Waals surface area contributed by atoms with Crippen molar-refractivity contribution in [1.29, 1.82) is 0 Å². The molecule has 98 valence electrons. The number of amides is 1. The minimum Gasteiger partial charge on any atom is -0.444 e. The second-order valence-electron chi connectivity index (χ2n) is 6.35. The Morgan fingerprint density at radius 2 is 2.06 bits per heavy atom. The number of fused-ring (bicyclic) bond motifs is 4. The molecule has 0 unspecified atom stereocenters. The van der Waals surface area contributed by atoms with Crippen molar-refractivity contribution in [2.24, 2.45) is 11.8 Å². The second kappa shape index (κ2) is 4.84. The number of alkyl carbamates (subject to hydrolysis) is 1. The van der Waals surface area contributed by atoms with Gasteiger partial charge in [0.2, 0.25) is 0 Å². The Balaban J connectivity index is 1.88. The minimum atomic E-state index is -0.411. The molecule has 0 aromatic carbocycles. The normalized spacial score (nSPS) is 33.0. The Labute approximate surface area is 103 Å². The average Bonchev–Trinajstić information content (AvgIpc) is 2.48. The zero-order chi connectivity index (χ0) is 12.5. The summed E-state index contributed by atoms with van der Waals surface area (Å²) in [4.78, 5) is 11.8. The smallest absolute Gasteiger partial charge is 0.407 e. The van der Waals surface area contributed by atoms with Gasteiger partial charge in [0, 0.05) is 6.04 Å². The molecule has 2 heterocycles. The van der Waals surface area contributed by atoms with Crippen LogP contribution in [-0.2, 0) is 4.74 Å². The number of rotatable bonds is 1. The number of hydrogen-bond acceptors (Lipinski definition) is 3. The molecule has 2 saturated heterocycles. The molecule has 4 nitrogen and oxygen atoms in total. The molecule has 0 aromatic rings. The van der Waals surface area contributed by atoms with Gasteiger partial charge in [-0.1, -0.05) is 0 Å². The van der Waals surface area contributed by atoms with Gasteiger partial charge in [-0.05, 0) is 65.0 Å². The molecule has 3 rings (SSSR count). The first kappa shape index (κ1) is 12.7. The zero-order valence-electron chi connectivity index (χ0n) is 11.1. The van der Waals surface area contributed by atoms with Crippen LogP contribution in [0.2, 0.25) is 0 Å². The van der Waals surface area contributed by atoms with Crippen LogP contribution in [0.25, 0.3) is 0 Å². The Morgan fingerprint density at radius 3 is 2.76 bits per heavy atom. The highest BCUT2D eigenvalue weighted by atomic mass is 16.6. The first-order valence-electron chi connectivity index (χ1n) is 6.64. The van der Waals surface area contributed by atoms with Crippen LogP contribution in [0.4, 0.5) is 4.79 Å². The van der Waals surface area contributed by atoms with Crippen LogP contribution in [-0.4, -0.2) is 30.8 Å². The van der Waals surface area contributed by atoms with E-state index < -0.39 is 5.60 Å². The third kappa shape index (κ3) is 3.60. The van der Waals surface area contributed by atoms with E-state index in [0.29, 0.717) is 17.9 Å². The molecule has 1 saturated carbocycles. The predicted molar refractivity (Wildman–Crippen MR) is 66.9 cm³/mol. The van der Waals surface area contributed by atoms with E-state index in [1.54, 1.807) is 0 Å². The van der Waals surface area contributed by atoms with E-state index in [1.807, 2.05) is 20.8 Å². The van der Waals surface area contributed by atoms with Crippen LogP contribution in [0.1, 0.15) is 40.0 Å². The lowest BCUT2D eigenvalue weighted by Crippen LogP contribution is -2.46. The molecule has 0 aromatic heterocycles. The van der Waals surface area contributed by atoms with Gasteiger partial charge in [0.25, 0.3) is 0 Å². The standard InChI is InChI=1S/C13H24N2O2/c1-13(2,3)17-12(16)15-11-6-9-4-5-10(11)8-14-7-9/h9-11,14H,4-8H2,1-3H3,(H,15,16)/t9-,10-,11+/m0/s1. The van der Waals surface area contributed by atoms with Crippen molar-refractivity contribution in [3.05, 3.63) is 0 Å². The number of carbonyl (C=O) groups excluding carboxylic acids is 1. The predicted octanol–water partition coefficient (Wildman–Crippen LogP) is 1.90. The summed E-state index contributed by atoms with van der Waals surface area (Å²) >= 11 is 0. The number of nitrogens with one attached hydrogen (secondary N) is 2. The molecule has 3 fully saturated rings. The molecule has 3 aliphatic rings. The van der Waals surface area contributed by atoms with Gasteiger partial charge in [0.05, 0.1) is 0 Å². The van der Waals surface area contributed by atoms with E-state index in [9.17, 15) is 4.79 Å². The lowest BCUT2D eigenvalue weighted by molar-refractivity contribution is 0.0465. The zero-order valence-corrected chi connectivity index (χ0v) is 11.1. The van der Waals surface area contributed by atoms with Crippen molar-refractivity contribution < 1.29 is 9.53 Å². The van der Waals surface area contributed by atoms with E-state index in [1.165, 1.54) is 12.8 Å². The molecule has 17 heavy (non-hydrogen) atoms. The van der Waals surface area contributed by atoms with Crippen LogP contribution in [0, 0.1) is 11.8 Å². The molecule has 0 radical (unpaired) electrons. The Hall–Kier alpha value is -0.770. The molecule has 3 atom stereocenters. The van der Waals surface area contributed by atoms with Gasteiger partial charge in [-0.3, -0.25) is 0 Å². The summed E-state index contributed by atoms with van der Waals surface area (Å²) in [6, 6.07) is 0.290. The second-order valence-corrected chi connectivity index (χ2v) is 6.35. The largest absolute Gasteiger partial charge is 0.444 e. The monoisotopic (exact) mass is 240 g/mol. The fourth-order valence-corrected chi connectivity index (χ4v) is 2.86. The fraction of sp³-hybridized carbons (Fsp3) is 0.923. The summed E-state index contributed by atoms with van der Waals surface area (Å²) in [6.07, 6.45) is 3.34. The molecule has 1 amide bonds. The van der Waals surface area contributed by atoms with Gasteiger partial charge in [-0.15, -0.1) is 0 Å². The van der Waals surface area contributed by atoms with Crippen molar-refractivity contribution in [1.82, 2.24) is 10.6 Å². The average molecular weight is 240 g/mol. The molecule has 2 bridgehead atoms. The number of carbonyl (C=O) groups is 1. The van der Waals surface area contributed by atoms with E-state index in [2.05, 4.69) is 10.6 Å². The van der Waals surface area contributed by atoms with E-state index in [-0.39, 0.29) is 6.09 Å². The maximum atomic E-state index is 11.8. The highest BCUT2D eigenvalue weighted by molar-refractivity contribution is 5.68. The summed E-state index contributed by atoms with van der Waals surface area (Å²) in [5, 5.41) is 6.51. The van der Waals surface area contributed by atoms with Crippen molar-refractivity contribution in [3.63, 3.8) is 0 Å². The number of ether oxygens (including phenoxy) is 1. The summed E-state index contributed by atoms with van der Waals surface area (Å²) in [5.41, 5.74) is -0.411. The maximum Gasteiger partial charge on any atom is 0.407 e. The summed E-state index contributed by atoms with van der Waals surface area (Å²) < 4.78 is 5.32. The van der Waals surface area contributed by atoms with Crippen molar-refractivity contribution in [2.45, 2.75) is 51.7 Å². The molecule has 1 aliphatic carbocycles. The van der Waals surface area contributed by atoms with Gasteiger partial charge in [-0.2, -0.15) is 0 Å². The lowest BCUT2D eigenvalue weighted by atomic mass is 9.80. The fourth-order valence-electron chi connectivity index (χ4n) is 2.86. The maximum absolute atomic E-state index is 11.8. The third-order valence-corrected chi connectivity index (χ3v) is 3.64. The summed E-state index contributed by atoms with van der Waals surface area (Å²) in [7, 11) is 0. The van der Waals surface area contributed by atoms with Crippen LogP contribution in [0.15, 0.2) is 0 Å². The van der Waals surface area contributed by atoms with Gasteiger partial charge in [-0.25, -0.2) is 4.79 Å². The first-order valence-corrected chi connectivity index (χ1v) is 6.64. The molecular weight excluding hydrogens is 216 g/mol. The third-order valence-electron chi connectivity index (χ3n) is 3.64. The van der Waals surface area contributed by atoms with Crippen LogP contribution < -0.4 is 10.6 Å². The molecule has 2 aliphatic heterocycles. The van der Waals surface area contributed by atoms with Gasteiger partial charge in [0.1, 0.15) is 5.60 Å². The molecule has 4 heteroatoms. The quantitative estimate of drug-likeness (QED) is 0.736. The van der Waals surface area contributed by atoms with Crippen LogP contribution in [0.5, 0.6) is 0 Å². The summed E-state index contributed by atoms with van der Waals surface area (Å²) in [5.74, 6) is 1.29. The van der Waals surface area contributed by atoms with Crippen molar-refractivity contribution >= 4 is 6.09 Å². The SMILES string of the molecule is CC(C)(C)OC(=O)N[C@@H]1C[C@@H]2CC[C@H]1CNC2. The van der Waals surface area contributed by atoms with Gasteiger partial charge in [0.15, 0.2) is 0 Å². The molecule has 0 spiro atoms. The highest BCUT2D eigenvalue weighted by Gasteiger charge is 2.34. The van der Waals surface area contributed by atoms with Crippen molar-refractivity contribution in [2.75, 3.05) is 13.1 Å². The van der Waals surface area contributed by atoms with Crippen LogP contribution in [0.3, 0.4) is 0 Å². The lowest BCUT2D eigenvalue weighted by Gasteiger charge is -2.33. The van der Waals surface area contributed by atoms with E-state index in [4.69, 9.17) is 4.74 Å². The van der Waals surface area contributed by atoms with Gasteiger partial charge >= 0.3 is 6.09 Å². The Kier molecular flexibility index (Phi) is 3.61. The van der Waals surface area contributed by atoms with E-state index in [0.717, 1.165) is 19.5 Å². The minimum absolute atomic E-state index is 0.268. The van der Waals surface area contributed by atoms with Crippen molar-refractivity contribution in [3.8, 4) is 0 Å². The summed E-state index contributed by atoms with van der Waals surface area (Å²) in [6.45, 7) is 7.81. The first-order chi connectivity index (χ1) is 7.94. The molecular formula is C13H24N2O2.